The molecule has 0 atom stereocenters. The Hall–Kier alpha value is -0.910. The summed E-state index contributed by atoms with van der Waals surface area (Å²) < 4.78 is 2.77. The zero-order valence-corrected chi connectivity index (χ0v) is 8.22. The van der Waals surface area contributed by atoms with Gasteiger partial charge in [0.1, 0.15) is 9.35 Å². The van der Waals surface area contributed by atoms with Crippen molar-refractivity contribution in [3.63, 3.8) is 0 Å². The highest BCUT2D eigenvalue weighted by Crippen LogP contribution is 2.07. The van der Waals surface area contributed by atoms with Crippen LogP contribution >= 0.6 is 22.6 Å². The maximum atomic E-state index is 10.4. The van der Waals surface area contributed by atoms with Crippen molar-refractivity contribution in [3.05, 3.63) is 33.8 Å². The van der Waals surface area contributed by atoms with Crippen LogP contribution < -0.4 is 0 Å². The van der Waals surface area contributed by atoms with Crippen LogP contribution in [-0.2, 0) is 0 Å². The molecule has 0 aliphatic carbocycles. The van der Waals surface area contributed by atoms with Crippen LogP contribution in [0.25, 0.3) is 5.65 Å². The second-order valence-electron chi connectivity index (χ2n) is 2.41. The minimum absolute atomic E-state index is 0.663. The molecule has 0 radical (unpaired) electrons. The number of nitrogens with zero attached hydrogens (tertiary/aromatic N) is 2. The first kappa shape index (κ1) is 7.72. The van der Waals surface area contributed by atoms with E-state index in [9.17, 15) is 4.79 Å². The van der Waals surface area contributed by atoms with Gasteiger partial charge < -0.3 is 4.40 Å². The fourth-order valence-electron chi connectivity index (χ4n) is 1.05. The molecule has 0 aromatic carbocycles. The van der Waals surface area contributed by atoms with Gasteiger partial charge in [0, 0.05) is 18.0 Å². The molecule has 12 heavy (non-hydrogen) atoms. The summed E-state index contributed by atoms with van der Waals surface area (Å²) in [4.78, 5) is 14.6. The first-order chi connectivity index (χ1) is 5.79. The lowest BCUT2D eigenvalue weighted by atomic mass is 10.3. The van der Waals surface area contributed by atoms with Gasteiger partial charge in [0.2, 0.25) is 0 Å². The molecule has 0 N–H and O–H groups in total. The topological polar surface area (TPSA) is 34.4 Å². The van der Waals surface area contributed by atoms with Crippen LogP contribution in [0.1, 0.15) is 10.4 Å². The minimum Gasteiger partial charge on any atom is -0.305 e. The van der Waals surface area contributed by atoms with Gasteiger partial charge in [-0.05, 0) is 34.7 Å². The third kappa shape index (κ3) is 1.22. The average Bonchev–Trinajstić information content (AvgIpc) is 2.43. The second kappa shape index (κ2) is 2.85. The molecule has 2 aromatic rings. The molecule has 0 saturated carbocycles. The number of aromatic nitrogens is 2. The van der Waals surface area contributed by atoms with Crippen molar-refractivity contribution in [1.82, 2.24) is 9.38 Å². The Labute approximate surface area is 82.6 Å². The first-order valence-electron chi connectivity index (χ1n) is 3.39. The molecule has 0 saturated heterocycles. The number of rotatable bonds is 1. The van der Waals surface area contributed by atoms with Crippen LogP contribution in [0.4, 0.5) is 0 Å². The summed E-state index contributed by atoms with van der Waals surface area (Å²) in [7, 11) is 0. The van der Waals surface area contributed by atoms with Gasteiger partial charge in [0.15, 0.2) is 6.29 Å². The normalized spacial score (nSPS) is 10.4. The van der Waals surface area contributed by atoms with Gasteiger partial charge in [-0.15, -0.1) is 0 Å². The van der Waals surface area contributed by atoms with Crippen LogP contribution in [0.2, 0.25) is 0 Å². The lowest BCUT2D eigenvalue weighted by Gasteiger charge is -1.92. The third-order valence-corrected chi connectivity index (χ3v) is 2.10. The van der Waals surface area contributed by atoms with Crippen LogP contribution in [0, 0.1) is 3.70 Å². The number of hydrogen-bond donors (Lipinski definition) is 0. The van der Waals surface area contributed by atoms with E-state index in [4.69, 9.17) is 0 Å². The van der Waals surface area contributed by atoms with E-state index >= 15 is 0 Å². The highest BCUT2D eigenvalue weighted by molar-refractivity contribution is 14.1. The van der Waals surface area contributed by atoms with Crippen molar-refractivity contribution in [2.75, 3.05) is 0 Å². The fourth-order valence-corrected chi connectivity index (χ4v) is 1.60. The molecule has 4 heteroatoms. The Morgan fingerprint density at radius 2 is 2.25 bits per heavy atom. The van der Waals surface area contributed by atoms with E-state index in [1.807, 2.05) is 16.7 Å². The Balaban J connectivity index is 2.74. The molecular weight excluding hydrogens is 267 g/mol. The molecule has 0 amide bonds. The van der Waals surface area contributed by atoms with Gasteiger partial charge in [-0.25, -0.2) is 4.98 Å². The fraction of sp³-hybridized carbons (Fsp3) is 0. The zero-order valence-electron chi connectivity index (χ0n) is 6.07. The second-order valence-corrected chi connectivity index (χ2v) is 3.51. The van der Waals surface area contributed by atoms with Gasteiger partial charge >= 0.3 is 0 Å². The van der Waals surface area contributed by atoms with Gasteiger partial charge in [-0.1, -0.05) is 0 Å². The monoisotopic (exact) mass is 272 g/mol. The number of pyridine rings is 1. The Morgan fingerprint density at radius 3 is 3.00 bits per heavy atom. The number of fused-ring (bicyclic) bond motifs is 1. The first-order valence-corrected chi connectivity index (χ1v) is 4.47. The van der Waals surface area contributed by atoms with Crippen molar-refractivity contribution in [3.8, 4) is 0 Å². The summed E-state index contributed by atoms with van der Waals surface area (Å²) >= 11 is 2.14. The maximum absolute atomic E-state index is 10.4. The summed E-state index contributed by atoms with van der Waals surface area (Å²) in [6.07, 6.45) is 4.46. The molecule has 0 bridgehead atoms. The molecule has 2 aromatic heterocycles. The zero-order chi connectivity index (χ0) is 8.55. The number of carbonyl (C=O) groups excluding carboxylic acids is 1. The van der Waals surface area contributed by atoms with Crippen molar-refractivity contribution in [2.45, 2.75) is 0 Å². The molecule has 3 nitrogen and oxygen atoms in total. The van der Waals surface area contributed by atoms with Crippen LogP contribution in [0.15, 0.2) is 24.5 Å². The minimum atomic E-state index is 0.663. The van der Waals surface area contributed by atoms with E-state index in [1.165, 1.54) is 0 Å². The smallest absolute Gasteiger partial charge is 0.151 e. The Kier molecular flexibility index (Phi) is 1.84. The predicted octanol–water partition coefficient (Wildman–Crippen LogP) is 1.75. The Morgan fingerprint density at radius 1 is 1.42 bits per heavy atom. The summed E-state index contributed by atoms with van der Waals surface area (Å²) in [6.45, 7) is 0. The summed E-state index contributed by atoms with van der Waals surface area (Å²) in [5.41, 5.74) is 1.53. The third-order valence-electron chi connectivity index (χ3n) is 1.58. The molecule has 0 aliphatic rings. The molecular formula is C8H5IN2O. The van der Waals surface area contributed by atoms with Crippen LogP contribution in [0.3, 0.4) is 0 Å². The largest absolute Gasteiger partial charge is 0.305 e. The average molecular weight is 272 g/mol. The number of imidazole rings is 1. The Bertz CT molecular complexity index is 436. The summed E-state index contributed by atoms with van der Waals surface area (Å²) in [6, 6.07) is 3.58. The van der Waals surface area contributed by atoms with Gasteiger partial charge in [-0.2, -0.15) is 0 Å². The number of aldehydes is 1. The number of hydrogen-bond acceptors (Lipinski definition) is 2. The van der Waals surface area contributed by atoms with Gasteiger partial charge in [-0.3, -0.25) is 4.79 Å². The van der Waals surface area contributed by atoms with Crippen LogP contribution in [-0.4, -0.2) is 15.7 Å². The van der Waals surface area contributed by atoms with E-state index in [0.29, 0.717) is 5.56 Å². The standard InChI is InChI=1S/C8H5IN2O/c9-7-4-11-3-6(5-12)1-2-8(11)10-7/h1-5H. The summed E-state index contributed by atoms with van der Waals surface area (Å²) in [5.74, 6) is 0. The molecule has 0 fully saturated rings. The molecule has 0 unspecified atom stereocenters. The molecule has 0 spiro atoms. The van der Waals surface area contributed by atoms with Gasteiger partial charge in [0.25, 0.3) is 0 Å². The number of halogens is 1. The lowest BCUT2D eigenvalue weighted by Crippen LogP contribution is -1.86. The van der Waals surface area contributed by atoms with Crippen molar-refractivity contribution in [2.24, 2.45) is 0 Å². The number of carbonyl (C=O) groups is 1. The van der Waals surface area contributed by atoms with E-state index < -0.39 is 0 Å². The SMILES string of the molecule is O=Cc1ccc2nc(I)cn2c1. The quantitative estimate of drug-likeness (QED) is 0.585. The van der Waals surface area contributed by atoms with E-state index in [1.54, 1.807) is 12.3 Å². The van der Waals surface area contributed by atoms with E-state index in [2.05, 4.69) is 27.6 Å². The molecule has 2 heterocycles. The highest BCUT2D eigenvalue weighted by atomic mass is 127. The van der Waals surface area contributed by atoms with E-state index in [-0.39, 0.29) is 0 Å². The highest BCUT2D eigenvalue weighted by Gasteiger charge is 1.98. The molecule has 2 rings (SSSR count). The molecule has 60 valence electrons. The van der Waals surface area contributed by atoms with Crippen LogP contribution in [0.5, 0.6) is 0 Å². The van der Waals surface area contributed by atoms with Crippen molar-refractivity contribution in [1.29, 1.82) is 0 Å². The van der Waals surface area contributed by atoms with Crippen molar-refractivity contribution >= 4 is 34.5 Å². The predicted molar refractivity (Wildman–Crippen MR) is 53.3 cm³/mol. The molecule has 0 aliphatic heterocycles. The lowest BCUT2D eigenvalue weighted by molar-refractivity contribution is 0.112. The maximum Gasteiger partial charge on any atom is 0.151 e. The summed E-state index contributed by atoms with van der Waals surface area (Å²) in [5, 5.41) is 0. The van der Waals surface area contributed by atoms with E-state index in [0.717, 1.165) is 15.6 Å². The van der Waals surface area contributed by atoms with Crippen molar-refractivity contribution < 1.29 is 4.79 Å². The van der Waals surface area contributed by atoms with Gasteiger partial charge in [0.05, 0.1) is 0 Å².